The van der Waals surface area contributed by atoms with Crippen molar-refractivity contribution in [1.29, 1.82) is 0 Å². The van der Waals surface area contributed by atoms with Crippen molar-refractivity contribution < 1.29 is 14.2 Å². The van der Waals surface area contributed by atoms with Crippen molar-refractivity contribution in [1.82, 2.24) is 24.5 Å². The number of benzene rings is 3. The number of halogens is 1. The summed E-state index contributed by atoms with van der Waals surface area (Å²) >= 11 is 3.49. The molecule has 0 spiro atoms. The summed E-state index contributed by atoms with van der Waals surface area (Å²) in [6.07, 6.45) is 0. The van der Waals surface area contributed by atoms with Gasteiger partial charge >= 0.3 is 0 Å². The van der Waals surface area contributed by atoms with Crippen LogP contribution < -0.4 is 19.8 Å². The Morgan fingerprint density at radius 2 is 1.43 bits per heavy atom. The van der Waals surface area contributed by atoms with Crippen molar-refractivity contribution >= 4 is 27.1 Å². The van der Waals surface area contributed by atoms with E-state index in [0.717, 1.165) is 27.1 Å². The minimum atomic E-state index is -0.290. The van der Waals surface area contributed by atoms with Crippen LogP contribution in [0.4, 0.5) is 0 Å². The summed E-state index contributed by atoms with van der Waals surface area (Å²) in [5.74, 6) is 2.53. The molecule has 5 rings (SSSR count). The number of hydrogen-bond donors (Lipinski definition) is 0. The lowest BCUT2D eigenvalue weighted by atomic mass is 10.1. The van der Waals surface area contributed by atoms with E-state index in [9.17, 15) is 4.79 Å². The Hall–Kier alpha value is -4.18. The second-order valence-electron chi connectivity index (χ2n) is 8.29. The molecule has 0 aliphatic rings. The van der Waals surface area contributed by atoms with E-state index < -0.39 is 0 Å². The van der Waals surface area contributed by atoms with Crippen LogP contribution >= 0.6 is 15.9 Å². The first-order chi connectivity index (χ1) is 18.0. The molecule has 5 aromatic rings. The van der Waals surface area contributed by atoms with Crippen LogP contribution in [0.3, 0.4) is 0 Å². The van der Waals surface area contributed by atoms with Gasteiger partial charge in [-0.05, 0) is 53.6 Å². The molecule has 0 fully saturated rings. The van der Waals surface area contributed by atoms with Crippen LogP contribution in [0.5, 0.6) is 17.2 Å². The molecular weight excluding hydrogens is 538 g/mol. The van der Waals surface area contributed by atoms with Gasteiger partial charge in [-0.3, -0.25) is 9.36 Å². The van der Waals surface area contributed by atoms with Gasteiger partial charge in [0.2, 0.25) is 0 Å². The van der Waals surface area contributed by atoms with E-state index in [1.54, 1.807) is 30.6 Å². The standard InChI is InChI=1S/C27H24BrN5O4/c1-35-20-9-4-17(5-10-20)15-32-25(22-13-8-19(28)14-23(22)37-3)29-26-24(27(32)34)30-31-33(26)16-18-6-11-21(36-2)12-7-18/h4-14H,15-16H2,1-3H3. The molecule has 0 radical (unpaired) electrons. The van der Waals surface area contributed by atoms with Gasteiger partial charge in [0.1, 0.15) is 23.1 Å². The SMILES string of the molecule is COc1ccc(Cn2c(-c3ccc(Br)cc3OC)nc3c(nnn3Cc3ccc(OC)cc3)c2=O)cc1. The van der Waals surface area contributed by atoms with E-state index in [2.05, 4.69) is 26.2 Å². The predicted octanol–water partition coefficient (Wildman–Crippen LogP) is 4.54. The third kappa shape index (κ3) is 4.92. The van der Waals surface area contributed by atoms with Gasteiger partial charge in [0.15, 0.2) is 11.2 Å². The van der Waals surface area contributed by atoms with Crippen LogP contribution in [0.15, 0.2) is 76.0 Å². The molecule has 0 unspecified atom stereocenters. The second-order valence-corrected chi connectivity index (χ2v) is 9.20. The molecule has 0 saturated carbocycles. The molecule has 0 saturated heterocycles. The number of hydrogen-bond acceptors (Lipinski definition) is 7. The largest absolute Gasteiger partial charge is 0.497 e. The summed E-state index contributed by atoms with van der Waals surface area (Å²) in [4.78, 5) is 18.7. The van der Waals surface area contributed by atoms with Crippen LogP contribution in [0, 0.1) is 0 Å². The zero-order valence-corrected chi connectivity index (χ0v) is 22.1. The topological polar surface area (TPSA) is 93.3 Å². The van der Waals surface area contributed by atoms with Crippen LogP contribution in [-0.4, -0.2) is 45.9 Å². The smallest absolute Gasteiger partial charge is 0.284 e. The maximum absolute atomic E-state index is 13.8. The summed E-state index contributed by atoms with van der Waals surface area (Å²) in [6.45, 7) is 0.679. The van der Waals surface area contributed by atoms with E-state index in [1.165, 1.54) is 0 Å². The lowest BCUT2D eigenvalue weighted by molar-refractivity contribution is 0.414. The van der Waals surface area contributed by atoms with Crippen molar-refractivity contribution in [3.63, 3.8) is 0 Å². The van der Waals surface area contributed by atoms with Crippen molar-refractivity contribution in [3.8, 4) is 28.6 Å². The number of methoxy groups -OCH3 is 3. The lowest BCUT2D eigenvalue weighted by Crippen LogP contribution is -2.25. The van der Waals surface area contributed by atoms with Gasteiger partial charge in [-0.2, -0.15) is 0 Å². The van der Waals surface area contributed by atoms with E-state index >= 15 is 0 Å². The first kappa shape index (κ1) is 24.5. The average Bonchev–Trinajstić information content (AvgIpc) is 3.33. The quantitative estimate of drug-likeness (QED) is 0.274. The highest BCUT2D eigenvalue weighted by molar-refractivity contribution is 9.10. The molecule has 2 aromatic heterocycles. The number of nitrogens with zero attached hydrogens (tertiary/aromatic N) is 5. The fourth-order valence-corrected chi connectivity index (χ4v) is 4.41. The van der Waals surface area contributed by atoms with Crippen LogP contribution in [0.1, 0.15) is 11.1 Å². The maximum Gasteiger partial charge on any atom is 0.284 e. The van der Waals surface area contributed by atoms with Crippen LogP contribution in [0.25, 0.3) is 22.6 Å². The van der Waals surface area contributed by atoms with Gasteiger partial charge in [-0.25, -0.2) is 9.67 Å². The average molecular weight is 562 g/mol. The molecule has 0 bridgehead atoms. The molecular formula is C27H24BrN5O4. The monoisotopic (exact) mass is 561 g/mol. The first-order valence-corrected chi connectivity index (χ1v) is 12.2. The highest BCUT2D eigenvalue weighted by Crippen LogP contribution is 2.32. The van der Waals surface area contributed by atoms with Crippen LogP contribution in [0.2, 0.25) is 0 Å². The summed E-state index contributed by atoms with van der Waals surface area (Å²) in [6, 6.07) is 20.8. The van der Waals surface area contributed by atoms with Gasteiger partial charge < -0.3 is 14.2 Å². The molecule has 37 heavy (non-hydrogen) atoms. The molecule has 0 atom stereocenters. The normalized spacial score (nSPS) is 11.0. The van der Waals surface area contributed by atoms with E-state index in [4.69, 9.17) is 19.2 Å². The molecule has 2 heterocycles. The van der Waals surface area contributed by atoms with Crippen molar-refractivity contribution in [2.75, 3.05) is 21.3 Å². The molecule has 0 N–H and O–H groups in total. The predicted molar refractivity (Wildman–Crippen MR) is 143 cm³/mol. The Bertz CT molecular complexity index is 1610. The Kier molecular flexibility index (Phi) is 6.91. The second kappa shape index (κ2) is 10.4. The molecule has 9 nitrogen and oxygen atoms in total. The summed E-state index contributed by atoms with van der Waals surface area (Å²) in [7, 11) is 4.83. The molecule has 3 aromatic carbocycles. The third-order valence-electron chi connectivity index (χ3n) is 6.02. The first-order valence-electron chi connectivity index (χ1n) is 11.4. The Labute approximate surface area is 221 Å². The van der Waals surface area contributed by atoms with E-state index in [-0.39, 0.29) is 17.6 Å². The summed E-state index contributed by atoms with van der Waals surface area (Å²) in [5.41, 5.74) is 2.86. The molecule has 0 aliphatic heterocycles. The zero-order chi connectivity index (χ0) is 25.9. The lowest BCUT2D eigenvalue weighted by Gasteiger charge is -2.15. The number of fused-ring (bicyclic) bond motifs is 1. The van der Waals surface area contributed by atoms with Gasteiger partial charge in [-0.15, -0.1) is 5.10 Å². The zero-order valence-electron chi connectivity index (χ0n) is 20.5. The van der Waals surface area contributed by atoms with Gasteiger partial charge in [-0.1, -0.05) is 45.4 Å². The fourth-order valence-electron chi connectivity index (χ4n) is 4.07. The fraction of sp³-hybridized carbons (Fsp3) is 0.185. The summed E-state index contributed by atoms with van der Waals surface area (Å²) in [5, 5.41) is 8.46. The molecule has 0 aliphatic carbocycles. The third-order valence-corrected chi connectivity index (χ3v) is 6.51. The van der Waals surface area contributed by atoms with Gasteiger partial charge in [0.05, 0.1) is 40.0 Å². The van der Waals surface area contributed by atoms with Crippen molar-refractivity contribution in [3.05, 3.63) is 92.7 Å². The molecule has 10 heteroatoms. The van der Waals surface area contributed by atoms with Crippen molar-refractivity contribution in [2.45, 2.75) is 13.1 Å². The number of ether oxygens (including phenoxy) is 3. The number of rotatable bonds is 8. The minimum absolute atomic E-state index is 0.196. The van der Waals surface area contributed by atoms with Gasteiger partial charge in [0, 0.05) is 4.47 Å². The molecule has 0 amide bonds. The Morgan fingerprint density at radius 1 is 0.811 bits per heavy atom. The van der Waals surface area contributed by atoms with E-state index in [1.807, 2.05) is 66.7 Å². The minimum Gasteiger partial charge on any atom is -0.497 e. The van der Waals surface area contributed by atoms with Crippen molar-refractivity contribution in [2.24, 2.45) is 0 Å². The Morgan fingerprint density at radius 3 is 2.03 bits per heavy atom. The molecule has 188 valence electrons. The highest BCUT2D eigenvalue weighted by Gasteiger charge is 2.21. The van der Waals surface area contributed by atoms with Crippen LogP contribution in [-0.2, 0) is 13.1 Å². The highest BCUT2D eigenvalue weighted by atomic mass is 79.9. The van der Waals surface area contributed by atoms with Gasteiger partial charge in [0.25, 0.3) is 5.56 Å². The Balaban J connectivity index is 1.66. The summed E-state index contributed by atoms with van der Waals surface area (Å²) < 4.78 is 20.2. The van der Waals surface area contributed by atoms with E-state index in [0.29, 0.717) is 29.3 Å². The maximum atomic E-state index is 13.8. The number of aromatic nitrogens is 5.